The Morgan fingerprint density at radius 2 is 2.20 bits per heavy atom. The first kappa shape index (κ1) is 18.7. The van der Waals surface area contributed by atoms with Crippen LogP contribution in [0.25, 0.3) is 0 Å². The van der Waals surface area contributed by atoms with Crippen molar-refractivity contribution in [1.82, 2.24) is 10.2 Å². The van der Waals surface area contributed by atoms with Gasteiger partial charge in [-0.2, -0.15) is 11.8 Å². The van der Waals surface area contributed by atoms with Gasteiger partial charge in [0.1, 0.15) is 5.60 Å². The fraction of sp³-hybridized carbons (Fsp3) is 0.647. The molecule has 8 heteroatoms. The fourth-order valence-corrected chi connectivity index (χ4v) is 5.25. The van der Waals surface area contributed by atoms with Gasteiger partial charge in [0.05, 0.1) is 23.8 Å². The number of carbonyl (C=O) groups is 2. The van der Waals surface area contributed by atoms with Gasteiger partial charge < -0.3 is 20.1 Å². The monoisotopic (exact) mass is 384 g/mol. The fourth-order valence-electron chi connectivity index (χ4n) is 3.49. The Morgan fingerprint density at radius 1 is 1.44 bits per heavy atom. The summed E-state index contributed by atoms with van der Waals surface area (Å²) in [6.45, 7) is 2.24. The first-order valence-corrected chi connectivity index (χ1v) is 10.7. The van der Waals surface area contributed by atoms with Crippen LogP contribution < -0.4 is 5.32 Å². The number of nitrogens with one attached hydrogen (secondary N) is 1. The third-order valence-electron chi connectivity index (χ3n) is 4.79. The maximum absolute atomic E-state index is 12.2. The number of aliphatic hydroxyl groups is 1. The first-order chi connectivity index (χ1) is 12.1. The van der Waals surface area contributed by atoms with Gasteiger partial charge in [-0.1, -0.05) is 0 Å². The van der Waals surface area contributed by atoms with E-state index in [4.69, 9.17) is 9.84 Å². The Kier molecular flexibility index (Phi) is 6.04. The molecule has 1 spiro atoms. The molecular formula is C17H24N2O4S2. The number of amides is 2. The molecular weight excluding hydrogens is 360 g/mol. The van der Waals surface area contributed by atoms with E-state index >= 15 is 0 Å². The van der Waals surface area contributed by atoms with E-state index in [0.29, 0.717) is 30.3 Å². The predicted octanol–water partition coefficient (Wildman–Crippen LogP) is 1.22. The minimum atomic E-state index is -0.357. The quantitative estimate of drug-likeness (QED) is 0.798. The van der Waals surface area contributed by atoms with Crippen LogP contribution in [0.2, 0.25) is 0 Å². The second-order valence-electron chi connectivity index (χ2n) is 6.35. The number of likely N-dealkylation sites (tertiary alicyclic amines) is 1. The van der Waals surface area contributed by atoms with E-state index in [9.17, 15) is 9.59 Å². The van der Waals surface area contributed by atoms with E-state index in [1.807, 2.05) is 17.2 Å². The molecule has 0 aliphatic carbocycles. The number of piperidine rings is 1. The minimum Gasteiger partial charge on any atom is -0.395 e. The van der Waals surface area contributed by atoms with Crippen LogP contribution in [0.3, 0.4) is 0 Å². The van der Waals surface area contributed by atoms with Crippen molar-refractivity contribution >= 4 is 34.9 Å². The molecule has 1 saturated heterocycles. The summed E-state index contributed by atoms with van der Waals surface area (Å²) in [6, 6.07) is 1.96. The number of nitrogens with zero attached hydrogens (tertiary/aromatic N) is 1. The summed E-state index contributed by atoms with van der Waals surface area (Å²) >= 11 is 3.04. The SMILES string of the molecule is CSCC(=O)N1CCC2(CC1)OCCc1cc(C(=O)NCCO)sc12. The topological polar surface area (TPSA) is 78.9 Å². The normalized spacial score (nSPS) is 18.9. The highest BCUT2D eigenvalue weighted by atomic mass is 32.2. The van der Waals surface area contributed by atoms with Gasteiger partial charge in [-0.25, -0.2) is 0 Å². The van der Waals surface area contributed by atoms with Crippen LogP contribution in [0, 0.1) is 0 Å². The highest BCUT2D eigenvalue weighted by Crippen LogP contribution is 2.45. The average Bonchev–Trinajstić information content (AvgIpc) is 3.06. The zero-order valence-electron chi connectivity index (χ0n) is 14.4. The van der Waals surface area contributed by atoms with Gasteiger partial charge in [-0.15, -0.1) is 11.3 Å². The summed E-state index contributed by atoms with van der Waals surface area (Å²) in [5.74, 6) is 0.567. The number of ether oxygens (including phenoxy) is 1. The molecule has 1 fully saturated rings. The van der Waals surface area contributed by atoms with Crippen LogP contribution in [-0.2, 0) is 21.6 Å². The maximum Gasteiger partial charge on any atom is 0.261 e. The van der Waals surface area contributed by atoms with E-state index in [0.717, 1.165) is 24.1 Å². The molecule has 1 aromatic heterocycles. The molecule has 25 heavy (non-hydrogen) atoms. The summed E-state index contributed by atoms with van der Waals surface area (Å²) in [5, 5.41) is 11.6. The van der Waals surface area contributed by atoms with Gasteiger partial charge in [0.25, 0.3) is 5.91 Å². The van der Waals surface area contributed by atoms with E-state index < -0.39 is 0 Å². The molecule has 3 rings (SSSR count). The largest absolute Gasteiger partial charge is 0.395 e. The molecule has 2 aliphatic rings. The van der Waals surface area contributed by atoms with Crippen LogP contribution in [0.15, 0.2) is 6.07 Å². The predicted molar refractivity (Wildman–Crippen MR) is 99.3 cm³/mol. The van der Waals surface area contributed by atoms with Crippen LogP contribution in [0.4, 0.5) is 0 Å². The molecule has 6 nitrogen and oxygen atoms in total. The van der Waals surface area contributed by atoms with Gasteiger partial charge in [0.15, 0.2) is 0 Å². The van der Waals surface area contributed by atoms with Crippen molar-refractivity contribution in [3.8, 4) is 0 Å². The van der Waals surface area contributed by atoms with E-state index in [1.165, 1.54) is 16.9 Å². The highest BCUT2D eigenvalue weighted by Gasteiger charge is 2.43. The molecule has 0 bridgehead atoms. The maximum atomic E-state index is 12.2. The molecule has 0 unspecified atom stereocenters. The van der Waals surface area contributed by atoms with Crippen molar-refractivity contribution in [3.05, 3.63) is 21.4 Å². The van der Waals surface area contributed by atoms with E-state index in [-0.39, 0.29) is 30.6 Å². The van der Waals surface area contributed by atoms with Gasteiger partial charge in [0.2, 0.25) is 5.91 Å². The third kappa shape index (κ3) is 3.86. The lowest BCUT2D eigenvalue weighted by Gasteiger charge is -2.43. The number of thiophene rings is 1. The lowest BCUT2D eigenvalue weighted by Crippen LogP contribution is -2.48. The Labute approximate surface area is 155 Å². The number of rotatable bonds is 5. The summed E-state index contributed by atoms with van der Waals surface area (Å²) in [5.41, 5.74) is 0.832. The van der Waals surface area contributed by atoms with E-state index in [1.54, 1.807) is 11.8 Å². The summed E-state index contributed by atoms with van der Waals surface area (Å²) in [4.78, 5) is 28.0. The summed E-state index contributed by atoms with van der Waals surface area (Å²) in [6.07, 6.45) is 4.31. The van der Waals surface area contributed by atoms with Crippen LogP contribution in [-0.4, -0.2) is 66.7 Å². The molecule has 0 atom stereocenters. The molecule has 0 radical (unpaired) electrons. The van der Waals surface area contributed by atoms with Crippen molar-refractivity contribution in [2.45, 2.75) is 24.9 Å². The lowest BCUT2D eigenvalue weighted by molar-refractivity contribution is -0.137. The Balaban J connectivity index is 1.75. The van der Waals surface area contributed by atoms with Crippen molar-refractivity contribution in [1.29, 1.82) is 0 Å². The molecule has 2 amide bonds. The number of aliphatic hydroxyl groups excluding tert-OH is 1. The van der Waals surface area contributed by atoms with Crippen molar-refractivity contribution in [2.24, 2.45) is 0 Å². The van der Waals surface area contributed by atoms with Gasteiger partial charge in [0, 0.05) is 24.5 Å². The first-order valence-electron chi connectivity index (χ1n) is 8.52. The Bertz CT molecular complexity index is 639. The van der Waals surface area contributed by atoms with Crippen LogP contribution >= 0.6 is 23.1 Å². The third-order valence-corrected chi connectivity index (χ3v) is 6.68. The Hall–Kier alpha value is -1.09. The average molecular weight is 385 g/mol. The van der Waals surface area contributed by atoms with Crippen LogP contribution in [0.5, 0.6) is 0 Å². The van der Waals surface area contributed by atoms with Crippen molar-refractivity contribution < 1.29 is 19.4 Å². The minimum absolute atomic E-state index is 0.0657. The van der Waals surface area contributed by atoms with Crippen molar-refractivity contribution in [3.63, 3.8) is 0 Å². The number of thioether (sulfide) groups is 1. The molecule has 3 heterocycles. The smallest absolute Gasteiger partial charge is 0.261 e. The molecule has 2 N–H and O–H groups in total. The molecule has 1 aromatic rings. The van der Waals surface area contributed by atoms with E-state index in [2.05, 4.69) is 5.32 Å². The highest BCUT2D eigenvalue weighted by molar-refractivity contribution is 7.99. The van der Waals surface area contributed by atoms with Gasteiger partial charge in [-0.05, 0) is 37.1 Å². The van der Waals surface area contributed by atoms with Crippen molar-refractivity contribution in [2.75, 3.05) is 44.9 Å². The summed E-state index contributed by atoms with van der Waals surface area (Å²) in [7, 11) is 0. The number of hydrogen-bond acceptors (Lipinski definition) is 6. The Morgan fingerprint density at radius 3 is 2.88 bits per heavy atom. The molecule has 138 valence electrons. The molecule has 0 aromatic carbocycles. The zero-order valence-corrected chi connectivity index (χ0v) is 16.0. The number of carbonyl (C=O) groups excluding carboxylic acids is 2. The van der Waals surface area contributed by atoms with Gasteiger partial charge >= 0.3 is 0 Å². The lowest BCUT2D eigenvalue weighted by atomic mass is 9.85. The van der Waals surface area contributed by atoms with Gasteiger partial charge in [-0.3, -0.25) is 9.59 Å². The van der Waals surface area contributed by atoms with Crippen LogP contribution in [0.1, 0.15) is 33.0 Å². The molecule has 2 aliphatic heterocycles. The summed E-state index contributed by atoms with van der Waals surface area (Å²) < 4.78 is 6.19. The second kappa shape index (κ2) is 8.07. The number of fused-ring (bicyclic) bond motifs is 2. The molecule has 0 saturated carbocycles. The zero-order chi connectivity index (χ0) is 17.9. The second-order valence-corrected chi connectivity index (χ2v) is 8.27. The standard InChI is InChI=1S/C17H24N2O4S2/c1-24-11-14(21)19-6-3-17(4-7-19)15-12(2-9-23-17)10-13(25-15)16(22)18-5-8-20/h10,20H,2-9,11H2,1H3,(H,18,22). The number of hydrogen-bond donors (Lipinski definition) is 2.